The molecule has 0 saturated heterocycles. The molecule has 0 aromatic heterocycles. The normalized spacial score (nSPS) is 13.6. The molecule has 156 valence electrons. The molecule has 0 fully saturated rings. The van der Waals surface area contributed by atoms with Crippen molar-refractivity contribution in [3.8, 4) is 0 Å². The van der Waals surface area contributed by atoms with E-state index in [4.69, 9.17) is 14.6 Å². The second-order valence-corrected chi connectivity index (χ2v) is 7.52. The van der Waals surface area contributed by atoms with Crippen molar-refractivity contribution in [2.45, 2.75) is 71.8 Å². The third-order valence-electron chi connectivity index (χ3n) is 3.79. The number of rotatable bonds is 11. The molecule has 0 aliphatic carbocycles. The molecule has 3 N–H and O–H groups in total. The van der Waals surface area contributed by atoms with E-state index in [1.54, 1.807) is 0 Å². The first kappa shape index (κ1) is 25.5. The van der Waals surface area contributed by atoms with Crippen molar-refractivity contribution in [1.29, 1.82) is 0 Å². The van der Waals surface area contributed by atoms with Crippen LogP contribution in [-0.4, -0.2) is 59.8 Å². The summed E-state index contributed by atoms with van der Waals surface area (Å²) in [5.74, 6) is -0.940. The molecule has 0 aliphatic heterocycles. The Hall–Kier alpha value is -1.47. The van der Waals surface area contributed by atoms with Crippen molar-refractivity contribution in [2.24, 2.45) is 0 Å². The van der Waals surface area contributed by atoms with Crippen LogP contribution in [0, 0.1) is 6.92 Å². The van der Waals surface area contributed by atoms with Gasteiger partial charge in [0.15, 0.2) is 0 Å². The van der Waals surface area contributed by atoms with Gasteiger partial charge < -0.3 is 25.0 Å². The van der Waals surface area contributed by atoms with Crippen molar-refractivity contribution in [3.63, 3.8) is 0 Å². The monoisotopic (exact) mass is 383 g/mol. The lowest BCUT2D eigenvalue weighted by Gasteiger charge is -2.27. The van der Waals surface area contributed by atoms with Crippen LogP contribution >= 0.6 is 0 Å². The summed E-state index contributed by atoms with van der Waals surface area (Å²) in [6, 6.07) is 9.58. The summed E-state index contributed by atoms with van der Waals surface area (Å²) >= 11 is 0. The van der Waals surface area contributed by atoms with Gasteiger partial charge >= 0.3 is 5.97 Å². The van der Waals surface area contributed by atoms with E-state index in [-0.39, 0.29) is 24.9 Å². The van der Waals surface area contributed by atoms with Crippen LogP contribution in [0.4, 0.5) is 0 Å². The van der Waals surface area contributed by atoms with Gasteiger partial charge in [0.2, 0.25) is 0 Å². The van der Waals surface area contributed by atoms with Crippen LogP contribution in [-0.2, 0) is 14.3 Å². The number of hydrogen-bond acceptors (Lipinski definition) is 5. The van der Waals surface area contributed by atoms with Gasteiger partial charge in [-0.15, -0.1) is 0 Å². The summed E-state index contributed by atoms with van der Waals surface area (Å²) in [4.78, 5) is 10.6. The fraction of sp³-hybridized carbons (Fsp3) is 0.667. The standard InChI is InChI=1S/C14H29NO5.C7H8/c1-10(2)19-7-6-14(4,5)20-9-12(16)8-15-11(3)13(17)18;1-7-5-3-2-4-6-7/h10-12,15-16H,6-9H2,1-5H3,(H,17,18);2-6H,1H3. The molecule has 0 amide bonds. The molecule has 0 bridgehead atoms. The molecule has 2 atom stereocenters. The van der Waals surface area contributed by atoms with Crippen LogP contribution in [0.2, 0.25) is 0 Å². The Bertz CT molecular complexity index is 505. The number of ether oxygens (including phenoxy) is 2. The lowest BCUT2D eigenvalue weighted by Crippen LogP contribution is -2.41. The van der Waals surface area contributed by atoms with Crippen LogP contribution < -0.4 is 5.32 Å². The summed E-state index contributed by atoms with van der Waals surface area (Å²) in [6.45, 7) is 12.4. The van der Waals surface area contributed by atoms with Crippen molar-refractivity contribution >= 4 is 5.97 Å². The Morgan fingerprint density at radius 3 is 2.22 bits per heavy atom. The molecule has 1 aromatic rings. The minimum absolute atomic E-state index is 0.161. The fourth-order valence-corrected chi connectivity index (χ4v) is 1.93. The minimum Gasteiger partial charge on any atom is -0.480 e. The van der Waals surface area contributed by atoms with E-state index < -0.39 is 18.1 Å². The topological polar surface area (TPSA) is 88.0 Å². The first-order valence-corrected chi connectivity index (χ1v) is 9.45. The van der Waals surface area contributed by atoms with Gasteiger partial charge in [0.05, 0.1) is 24.4 Å². The molecule has 0 saturated carbocycles. The Kier molecular flexibility index (Phi) is 12.9. The van der Waals surface area contributed by atoms with E-state index in [0.29, 0.717) is 6.61 Å². The highest BCUT2D eigenvalue weighted by molar-refractivity contribution is 5.72. The second kappa shape index (κ2) is 13.7. The van der Waals surface area contributed by atoms with Gasteiger partial charge in [-0.05, 0) is 48.0 Å². The van der Waals surface area contributed by atoms with Crippen LogP contribution in [0.1, 0.15) is 46.6 Å². The maximum absolute atomic E-state index is 10.6. The lowest BCUT2D eigenvalue weighted by atomic mass is 10.1. The predicted octanol–water partition coefficient (Wildman–Crippen LogP) is 3.02. The number of carboxylic acid groups (broad SMARTS) is 1. The molecule has 0 aliphatic rings. The van der Waals surface area contributed by atoms with E-state index in [2.05, 4.69) is 24.4 Å². The molecule has 1 aromatic carbocycles. The number of carbonyl (C=O) groups is 1. The number of nitrogens with one attached hydrogen (secondary N) is 1. The Labute approximate surface area is 163 Å². The maximum Gasteiger partial charge on any atom is 0.320 e. The van der Waals surface area contributed by atoms with E-state index in [0.717, 1.165) is 6.42 Å². The summed E-state index contributed by atoms with van der Waals surface area (Å²) in [7, 11) is 0. The summed E-state index contributed by atoms with van der Waals surface area (Å²) < 4.78 is 11.1. The van der Waals surface area contributed by atoms with Gasteiger partial charge in [0.1, 0.15) is 6.04 Å². The van der Waals surface area contributed by atoms with E-state index in [1.807, 2.05) is 45.9 Å². The van der Waals surface area contributed by atoms with E-state index >= 15 is 0 Å². The summed E-state index contributed by atoms with van der Waals surface area (Å²) in [5, 5.41) is 21.2. The number of aliphatic hydroxyl groups is 1. The van der Waals surface area contributed by atoms with Crippen LogP contribution in [0.15, 0.2) is 30.3 Å². The third-order valence-corrected chi connectivity index (χ3v) is 3.79. The zero-order valence-electron chi connectivity index (χ0n) is 17.6. The van der Waals surface area contributed by atoms with E-state index in [1.165, 1.54) is 12.5 Å². The Morgan fingerprint density at radius 2 is 1.78 bits per heavy atom. The highest BCUT2D eigenvalue weighted by Gasteiger charge is 2.21. The largest absolute Gasteiger partial charge is 0.480 e. The number of carboxylic acids is 1. The fourth-order valence-electron chi connectivity index (χ4n) is 1.93. The number of hydrogen-bond donors (Lipinski definition) is 3. The van der Waals surface area contributed by atoms with Gasteiger partial charge in [0, 0.05) is 13.2 Å². The van der Waals surface area contributed by atoms with Crippen molar-refractivity contribution in [1.82, 2.24) is 5.32 Å². The average molecular weight is 384 g/mol. The zero-order chi connectivity index (χ0) is 20.9. The molecular weight excluding hydrogens is 346 g/mol. The minimum atomic E-state index is -0.940. The zero-order valence-corrected chi connectivity index (χ0v) is 17.6. The first-order valence-electron chi connectivity index (χ1n) is 9.45. The molecule has 6 nitrogen and oxygen atoms in total. The van der Waals surface area contributed by atoms with Gasteiger partial charge in [-0.1, -0.05) is 35.9 Å². The van der Waals surface area contributed by atoms with Crippen LogP contribution in [0.3, 0.4) is 0 Å². The molecule has 27 heavy (non-hydrogen) atoms. The van der Waals surface area contributed by atoms with E-state index in [9.17, 15) is 9.90 Å². The number of aliphatic carboxylic acids is 1. The molecule has 6 heteroatoms. The first-order chi connectivity index (χ1) is 12.5. The van der Waals surface area contributed by atoms with Gasteiger partial charge in [-0.3, -0.25) is 4.79 Å². The molecular formula is C21H37NO5. The van der Waals surface area contributed by atoms with Crippen LogP contribution in [0.5, 0.6) is 0 Å². The third kappa shape index (κ3) is 15.3. The van der Waals surface area contributed by atoms with Gasteiger partial charge in [0.25, 0.3) is 0 Å². The van der Waals surface area contributed by atoms with Crippen molar-refractivity contribution in [2.75, 3.05) is 19.8 Å². The second-order valence-electron chi connectivity index (χ2n) is 7.52. The van der Waals surface area contributed by atoms with Crippen LogP contribution in [0.25, 0.3) is 0 Å². The molecule has 0 radical (unpaired) electrons. The van der Waals surface area contributed by atoms with Crippen molar-refractivity contribution in [3.05, 3.63) is 35.9 Å². The summed E-state index contributed by atoms with van der Waals surface area (Å²) in [6.07, 6.45) is 0.192. The Balaban J connectivity index is 0.000000797. The van der Waals surface area contributed by atoms with Crippen molar-refractivity contribution < 1.29 is 24.5 Å². The lowest BCUT2D eigenvalue weighted by molar-refractivity contribution is -0.139. The maximum atomic E-state index is 10.6. The number of aliphatic hydroxyl groups excluding tert-OH is 1. The highest BCUT2D eigenvalue weighted by Crippen LogP contribution is 2.15. The smallest absolute Gasteiger partial charge is 0.320 e. The molecule has 1 rings (SSSR count). The molecule has 0 spiro atoms. The Morgan fingerprint density at radius 1 is 1.19 bits per heavy atom. The SMILES string of the molecule is CC(C)OCCC(C)(C)OCC(O)CNC(C)C(=O)O.Cc1ccccc1. The number of aryl methyl sites for hydroxylation is 1. The molecule has 0 heterocycles. The average Bonchev–Trinajstić information content (AvgIpc) is 2.58. The molecule has 2 unspecified atom stereocenters. The quantitative estimate of drug-likeness (QED) is 0.544. The van der Waals surface area contributed by atoms with Gasteiger partial charge in [-0.25, -0.2) is 0 Å². The summed E-state index contributed by atoms with van der Waals surface area (Å²) in [5.41, 5.74) is 0.941. The van der Waals surface area contributed by atoms with Gasteiger partial charge in [-0.2, -0.15) is 0 Å². The predicted molar refractivity (Wildman–Crippen MR) is 108 cm³/mol. The highest BCUT2D eigenvalue weighted by atomic mass is 16.5. The number of benzene rings is 1.